The first-order chi connectivity index (χ1) is 7.35. The number of hydrogen-bond acceptors (Lipinski definition) is 3. The van der Waals surface area contributed by atoms with Crippen LogP contribution in [0.3, 0.4) is 0 Å². The first-order valence-corrected chi connectivity index (χ1v) is 5.67. The highest BCUT2D eigenvalue weighted by molar-refractivity contribution is 5.78. The van der Waals surface area contributed by atoms with Crippen LogP contribution in [0.1, 0.15) is 33.1 Å². The zero-order valence-electron chi connectivity index (χ0n) is 9.88. The maximum atomic E-state index is 5.41. The molecule has 0 heterocycles. The summed E-state index contributed by atoms with van der Waals surface area (Å²) >= 11 is 0. The van der Waals surface area contributed by atoms with Crippen LogP contribution in [-0.4, -0.2) is 32.3 Å². The van der Waals surface area contributed by atoms with Gasteiger partial charge in [0, 0.05) is 26.3 Å². The molecule has 15 heavy (non-hydrogen) atoms. The van der Waals surface area contributed by atoms with Gasteiger partial charge in [0.05, 0.1) is 0 Å². The average Bonchev–Trinajstić information content (AvgIpc) is 2.26. The second-order valence-corrected chi connectivity index (χ2v) is 3.22. The third-order valence-electron chi connectivity index (χ3n) is 1.84. The number of aliphatic imine (C=N–C) groups is 1. The molecule has 0 saturated heterocycles. The lowest BCUT2D eigenvalue weighted by Gasteiger charge is -2.06. The molecule has 0 aromatic heterocycles. The lowest BCUT2D eigenvalue weighted by atomic mass is 10.4. The van der Waals surface area contributed by atoms with Crippen LogP contribution in [0.25, 0.3) is 0 Å². The van der Waals surface area contributed by atoms with E-state index in [0.717, 1.165) is 39.1 Å². The fraction of sp³-hybridized carbons (Fsp3) is 0.900. The molecule has 5 nitrogen and oxygen atoms in total. The lowest BCUT2D eigenvalue weighted by molar-refractivity contribution is 0.130. The Kier molecular flexibility index (Phi) is 10.7. The van der Waals surface area contributed by atoms with Crippen molar-refractivity contribution in [3.63, 3.8) is 0 Å². The quantitative estimate of drug-likeness (QED) is 0.183. The predicted molar refractivity (Wildman–Crippen MR) is 63.6 cm³/mol. The molecule has 0 amide bonds. The highest BCUT2D eigenvalue weighted by Crippen LogP contribution is 1.90. The Morgan fingerprint density at radius 1 is 1.27 bits per heavy atom. The highest BCUT2D eigenvalue weighted by atomic mass is 16.5. The van der Waals surface area contributed by atoms with Crippen LogP contribution in [0.15, 0.2) is 4.99 Å². The van der Waals surface area contributed by atoms with Crippen molar-refractivity contribution in [2.45, 2.75) is 33.1 Å². The van der Waals surface area contributed by atoms with Crippen molar-refractivity contribution in [2.75, 3.05) is 26.3 Å². The molecule has 0 rings (SSSR count). The molecule has 0 spiro atoms. The van der Waals surface area contributed by atoms with Crippen molar-refractivity contribution in [2.24, 2.45) is 10.8 Å². The minimum atomic E-state index is 0.644. The van der Waals surface area contributed by atoms with Crippen LogP contribution in [0.2, 0.25) is 0 Å². The zero-order chi connectivity index (χ0) is 11.4. The summed E-state index contributed by atoms with van der Waals surface area (Å²) in [6, 6.07) is 0. The Morgan fingerprint density at radius 2 is 2.00 bits per heavy atom. The molecule has 0 bridgehead atoms. The second-order valence-electron chi connectivity index (χ2n) is 3.22. The molecular weight excluding hydrogens is 192 g/mol. The Labute approximate surface area is 92.4 Å². The number of guanidine groups is 1. The van der Waals surface area contributed by atoms with Crippen LogP contribution in [-0.2, 0) is 4.74 Å². The monoisotopic (exact) mass is 216 g/mol. The lowest BCUT2D eigenvalue weighted by Crippen LogP contribution is -2.41. The van der Waals surface area contributed by atoms with Gasteiger partial charge in [-0.25, -0.2) is 5.84 Å². The van der Waals surface area contributed by atoms with Gasteiger partial charge in [0.25, 0.3) is 0 Å². The van der Waals surface area contributed by atoms with Gasteiger partial charge in [0.15, 0.2) is 0 Å². The number of nitrogens with two attached hydrogens (primary N) is 1. The molecule has 0 aliphatic heterocycles. The number of ether oxygens (including phenoxy) is 1. The number of hydrogen-bond donors (Lipinski definition) is 3. The summed E-state index contributed by atoms with van der Waals surface area (Å²) in [7, 11) is 0. The molecule has 90 valence electrons. The average molecular weight is 216 g/mol. The molecule has 0 saturated carbocycles. The van der Waals surface area contributed by atoms with Crippen LogP contribution < -0.4 is 16.6 Å². The Morgan fingerprint density at radius 3 is 2.60 bits per heavy atom. The van der Waals surface area contributed by atoms with Gasteiger partial charge in [0.1, 0.15) is 0 Å². The molecule has 0 radical (unpaired) electrons. The molecular formula is C10H24N4O. The molecule has 4 N–H and O–H groups in total. The maximum absolute atomic E-state index is 5.41. The Hall–Kier alpha value is -0.810. The Bertz CT molecular complexity index is 162. The summed E-state index contributed by atoms with van der Waals surface area (Å²) < 4.78 is 5.41. The van der Waals surface area contributed by atoms with E-state index in [1.165, 1.54) is 6.42 Å². The van der Waals surface area contributed by atoms with Gasteiger partial charge >= 0.3 is 0 Å². The number of unbranched alkanes of at least 4 members (excludes halogenated alkanes) is 1. The van der Waals surface area contributed by atoms with Crippen molar-refractivity contribution >= 4 is 5.96 Å². The zero-order valence-corrected chi connectivity index (χ0v) is 9.88. The molecule has 0 aliphatic rings. The van der Waals surface area contributed by atoms with E-state index in [4.69, 9.17) is 10.6 Å². The fourth-order valence-corrected chi connectivity index (χ4v) is 1.03. The van der Waals surface area contributed by atoms with E-state index >= 15 is 0 Å². The van der Waals surface area contributed by atoms with E-state index in [-0.39, 0.29) is 0 Å². The number of nitrogens with one attached hydrogen (secondary N) is 2. The van der Waals surface area contributed by atoms with Crippen LogP contribution in [0.4, 0.5) is 0 Å². The molecule has 0 aliphatic carbocycles. The van der Waals surface area contributed by atoms with Crippen LogP contribution in [0.5, 0.6) is 0 Å². The van der Waals surface area contributed by atoms with E-state index in [1.807, 2.05) is 6.92 Å². The summed E-state index contributed by atoms with van der Waals surface area (Å²) in [4.78, 5) is 4.24. The normalized spacial score (nSPS) is 11.5. The first kappa shape index (κ1) is 14.2. The van der Waals surface area contributed by atoms with Crippen molar-refractivity contribution in [1.29, 1.82) is 0 Å². The first-order valence-electron chi connectivity index (χ1n) is 5.67. The van der Waals surface area contributed by atoms with Gasteiger partial charge in [-0.15, -0.1) is 0 Å². The molecule has 0 fully saturated rings. The number of nitrogens with zero attached hydrogens (tertiary/aromatic N) is 1. The van der Waals surface area contributed by atoms with Crippen LogP contribution in [0, 0.1) is 0 Å². The smallest absolute Gasteiger partial charge is 0.205 e. The van der Waals surface area contributed by atoms with Gasteiger partial charge in [-0.05, 0) is 19.8 Å². The highest BCUT2D eigenvalue weighted by Gasteiger charge is 1.92. The largest absolute Gasteiger partial charge is 0.381 e. The van der Waals surface area contributed by atoms with E-state index in [9.17, 15) is 0 Å². The number of hydrazine groups is 1. The van der Waals surface area contributed by atoms with Crippen molar-refractivity contribution in [1.82, 2.24) is 10.7 Å². The summed E-state index contributed by atoms with van der Waals surface area (Å²) in [6.45, 7) is 7.33. The molecule has 0 aromatic rings. The summed E-state index contributed by atoms with van der Waals surface area (Å²) in [5.41, 5.74) is 2.51. The maximum Gasteiger partial charge on any atom is 0.205 e. The summed E-state index contributed by atoms with van der Waals surface area (Å²) in [5.74, 6) is 5.91. The summed E-state index contributed by atoms with van der Waals surface area (Å²) in [6.07, 6.45) is 3.25. The summed E-state index contributed by atoms with van der Waals surface area (Å²) in [5, 5.41) is 3.02. The van der Waals surface area contributed by atoms with Gasteiger partial charge in [-0.2, -0.15) is 0 Å². The topological polar surface area (TPSA) is 71.7 Å². The van der Waals surface area contributed by atoms with E-state index in [2.05, 4.69) is 22.7 Å². The van der Waals surface area contributed by atoms with Crippen molar-refractivity contribution in [3.05, 3.63) is 0 Å². The molecule has 0 aromatic carbocycles. The van der Waals surface area contributed by atoms with Gasteiger partial charge in [0.2, 0.25) is 5.96 Å². The van der Waals surface area contributed by atoms with Gasteiger partial charge < -0.3 is 10.1 Å². The third kappa shape index (κ3) is 9.49. The van der Waals surface area contributed by atoms with Crippen molar-refractivity contribution in [3.8, 4) is 0 Å². The van der Waals surface area contributed by atoms with Gasteiger partial charge in [-0.3, -0.25) is 10.4 Å². The second kappa shape index (κ2) is 11.3. The van der Waals surface area contributed by atoms with E-state index in [0.29, 0.717) is 5.96 Å². The van der Waals surface area contributed by atoms with E-state index < -0.39 is 0 Å². The minimum absolute atomic E-state index is 0.644. The minimum Gasteiger partial charge on any atom is -0.381 e. The third-order valence-corrected chi connectivity index (χ3v) is 1.84. The van der Waals surface area contributed by atoms with Gasteiger partial charge in [-0.1, -0.05) is 13.3 Å². The fourth-order valence-electron chi connectivity index (χ4n) is 1.03. The Balaban J connectivity index is 3.33. The molecule has 0 unspecified atom stereocenters. The van der Waals surface area contributed by atoms with Crippen molar-refractivity contribution < 1.29 is 4.74 Å². The molecule has 5 heteroatoms. The van der Waals surface area contributed by atoms with Crippen LogP contribution >= 0.6 is 0 Å². The molecule has 0 atom stereocenters. The number of rotatable bonds is 8. The van der Waals surface area contributed by atoms with E-state index in [1.54, 1.807) is 0 Å². The predicted octanol–water partition coefficient (Wildman–Crippen LogP) is 0.622. The standard InChI is InChI=1S/C10H24N4O/c1-3-5-8-15-9-6-7-13-10(14-11)12-4-2/h3-9,11H2,1-2H3,(H2,12,13,14). The SMILES string of the molecule is CCCCOCCCN=C(NN)NCC.